The van der Waals surface area contributed by atoms with Crippen molar-refractivity contribution in [3.8, 4) is 0 Å². The first-order chi connectivity index (χ1) is 2.73. The van der Waals surface area contributed by atoms with E-state index >= 15 is 0 Å². The molecule has 0 aliphatic heterocycles. The Labute approximate surface area is 55.3 Å². The van der Waals surface area contributed by atoms with Crippen LogP contribution in [-0.2, 0) is 0 Å². The monoisotopic (exact) mass is 121 g/mol. The molecule has 0 aromatic carbocycles. The maximum atomic E-state index is 5.11. The Morgan fingerprint density at radius 3 is 1.00 bits per heavy atom. The molecule has 0 amide bonds. The fraction of sp³-hybridized carbons (Fsp3) is 1.00. The molecule has 8 heavy (non-hydrogen) atoms. The van der Waals surface area contributed by atoms with E-state index in [0.717, 1.165) is 0 Å². The predicted molar refractivity (Wildman–Crippen MR) is 44.1 cm³/mol. The third-order valence-corrected chi connectivity index (χ3v) is 0. The first-order valence-electron chi connectivity index (χ1n) is 2.49. The van der Waals surface area contributed by atoms with Crippen molar-refractivity contribution in [3.05, 3.63) is 0 Å². The molecule has 0 radical (unpaired) electrons. The second kappa shape index (κ2) is 28.2. The number of rotatable bonds is 0. The lowest BCUT2D eigenvalue weighted by Crippen LogP contribution is -2.06. The predicted octanol–water partition coefficient (Wildman–Crippen LogP) is 2.65. The maximum absolute atomic E-state index is 5.11. The molecule has 0 heterocycles. The largest absolute Gasteiger partial charge is 0.328 e. The first kappa shape index (κ1) is 24.6. The van der Waals surface area contributed by atoms with Gasteiger partial charge >= 0.3 is 0 Å². The van der Waals surface area contributed by atoms with Crippen LogP contribution in [0.4, 0.5) is 0 Å². The molecule has 0 saturated carbocycles. The summed E-state index contributed by atoms with van der Waals surface area (Å²) in [5.41, 5.74) is 5.11. The van der Waals surface area contributed by atoms with Crippen molar-refractivity contribution in [3.63, 3.8) is 0 Å². The van der Waals surface area contributed by atoms with E-state index in [2.05, 4.69) is 0 Å². The van der Waals surface area contributed by atoms with Gasteiger partial charge in [-0.05, 0) is 6.04 Å². The number of hydrogen-bond donors (Lipinski definition) is 1. The molecule has 0 fully saturated rings. The van der Waals surface area contributed by atoms with Crippen LogP contribution in [0.5, 0.6) is 0 Å². The molecule has 0 aliphatic carbocycles. The van der Waals surface area contributed by atoms with Gasteiger partial charge in [0.1, 0.15) is 0 Å². The van der Waals surface area contributed by atoms with Crippen LogP contribution in [0, 0.1) is 0 Å². The highest BCUT2D eigenvalue weighted by Crippen LogP contribution is 1.58. The van der Waals surface area contributed by atoms with Crippen LogP contribution in [-0.4, -0.2) is 6.04 Å². The molecule has 2 N–H and O–H groups in total. The van der Waals surface area contributed by atoms with Crippen LogP contribution in [0.15, 0.2) is 0 Å². The summed E-state index contributed by atoms with van der Waals surface area (Å²) in [6, 6.07) is 0.333. The zero-order valence-electron chi connectivity index (χ0n) is 5.15. The van der Waals surface area contributed by atoms with Gasteiger partial charge in [-0.15, -0.1) is 0 Å². The summed E-state index contributed by atoms with van der Waals surface area (Å²) in [5.74, 6) is 0. The van der Waals surface area contributed by atoms with Crippen molar-refractivity contribution in [1.82, 2.24) is 0 Å². The second-order valence-corrected chi connectivity index (χ2v) is 1.24. The standard InChI is InChI=1S/C3H9N.C2H6.2CH4/c1-3(2)4;1-2;;/h3H,4H2,1-2H3;1-2H3;2*1H4. The Bertz CT molecular complexity index is 9.10. The van der Waals surface area contributed by atoms with E-state index in [9.17, 15) is 0 Å². The Morgan fingerprint density at radius 1 is 1.00 bits per heavy atom. The summed E-state index contributed by atoms with van der Waals surface area (Å²) in [6.07, 6.45) is 0. The van der Waals surface area contributed by atoms with Gasteiger partial charge in [-0.25, -0.2) is 0 Å². The fourth-order valence-electron chi connectivity index (χ4n) is 0. The van der Waals surface area contributed by atoms with Crippen LogP contribution in [0.2, 0.25) is 0 Å². The van der Waals surface area contributed by atoms with E-state index in [4.69, 9.17) is 5.73 Å². The minimum Gasteiger partial charge on any atom is -0.328 e. The van der Waals surface area contributed by atoms with Gasteiger partial charge in [-0.3, -0.25) is 0 Å². The molecule has 0 rings (SSSR count). The van der Waals surface area contributed by atoms with Gasteiger partial charge in [0.25, 0.3) is 0 Å². The highest BCUT2D eigenvalue weighted by atomic mass is 14.6. The van der Waals surface area contributed by atoms with Crippen molar-refractivity contribution in [1.29, 1.82) is 0 Å². The minimum atomic E-state index is 0. The van der Waals surface area contributed by atoms with Gasteiger partial charge in [-0.2, -0.15) is 0 Å². The molecule has 0 unspecified atom stereocenters. The molecule has 0 aliphatic rings. The minimum absolute atomic E-state index is 0. The van der Waals surface area contributed by atoms with E-state index in [1.54, 1.807) is 0 Å². The summed E-state index contributed by atoms with van der Waals surface area (Å²) in [6.45, 7) is 7.89. The molecular formula is C7H23N. The van der Waals surface area contributed by atoms with Crippen molar-refractivity contribution in [2.75, 3.05) is 0 Å². The van der Waals surface area contributed by atoms with E-state index in [-0.39, 0.29) is 14.9 Å². The molecule has 0 spiro atoms. The average molecular weight is 121 g/mol. The third kappa shape index (κ3) is 91600. The van der Waals surface area contributed by atoms with Gasteiger partial charge in [0.05, 0.1) is 0 Å². The van der Waals surface area contributed by atoms with Crippen LogP contribution in [0.25, 0.3) is 0 Å². The summed E-state index contributed by atoms with van der Waals surface area (Å²) in [7, 11) is 0. The van der Waals surface area contributed by atoms with Crippen molar-refractivity contribution in [2.24, 2.45) is 5.73 Å². The van der Waals surface area contributed by atoms with Crippen LogP contribution in [0.1, 0.15) is 42.5 Å². The fourth-order valence-corrected chi connectivity index (χ4v) is 0. The van der Waals surface area contributed by atoms with Crippen LogP contribution >= 0.6 is 0 Å². The van der Waals surface area contributed by atoms with Gasteiger partial charge in [0.15, 0.2) is 0 Å². The zero-order valence-corrected chi connectivity index (χ0v) is 5.15. The summed E-state index contributed by atoms with van der Waals surface area (Å²) >= 11 is 0. The van der Waals surface area contributed by atoms with Gasteiger partial charge in [0.2, 0.25) is 0 Å². The lowest BCUT2D eigenvalue weighted by molar-refractivity contribution is 0.834. The van der Waals surface area contributed by atoms with E-state index < -0.39 is 0 Å². The van der Waals surface area contributed by atoms with Crippen molar-refractivity contribution < 1.29 is 0 Å². The van der Waals surface area contributed by atoms with Gasteiger partial charge < -0.3 is 5.73 Å². The Balaban J connectivity index is -0.0000000183. The second-order valence-electron chi connectivity index (χ2n) is 1.24. The Morgan fingerprint density at radius 2 is 1.00 bits per heavy atom. The van der Waals surface area contributed by atoms with Crippen molar-refractivity contribution >= 4 is 0 Å². The molecule has 0 bridgehead atoms. The molecule has 1 nitrogen and oxygen atoms in total. The maximum Gasteiger partial charge on any atom is -0.00179 e. The smallest absolute Gasteiger partial charge is 0.00179 e. The SMILES string of the molecule is C.C.CC.CC(C)N. The van der Waals surface area contributed by atoms with Crippen molar-refractivity contribution in [2.45, 2.75) is 48.6 Å². The number of hydrogen-bond acceptors (Lipinski definition) is 1. The normalized spacial score (nSPS) is 5.25. The first-order valence-corrected chi connectivity index (χ1v) is 2.49. The average Bonchev–Trinajstić information content (AvgIpc) is 1.41. The lowest BCUT2D eigenvalue weighted by Gasteiger charge is -1.81. The third-order valence-electron chi connectivity index (χ3n) is 0. The van der Waals surface area contributed by atoms with E-state index in [1.165, 1.54) is 0 Å². The summed E-state index contributed by atoms with van der Waals surface area (Å²) < 4.78 is 0. The molecule has 1 heteroatoms. The highest BCUT2D eigenvalue weighted by molar-refractivity contribution is 4.32. The highest BCUT2D eigenvalue weighted by Gasteiger charge is 1.67. The lowest BCUT2D eigenvalue weighted by atomic mass is 10.5. The summed E-state index contributed by atoms with van der Waals surface area (Å²) in [4.78, 5) is 0. The zero-order chi connectivity index (χ0) is 5.58. The van der Waals surface area contributed by atoms with Gasteiger partial charge in [0, 0.05) is 0 Å². The van der Waals surface area contributed by atoms with Gasteiger partial charge in [-0.1, -0.05) is 42.5 Å². The number of nitrogens with two attached hydrogens (primary N) is 1. The topological polar surface area (TPSA) is 26.0 Å². The Hall–Kier alpha value is -0.0400. The van der Waals surface area contributed by atoms with Crippen LogP contribution in [0.3, 0.4) is 0 Å². The van der Waals surface area contributed by atoms with Crippen LogP contribution < -0.4 is 5.73 Å². The summed E-state index contributed by atoms with van der Waals surface area (Å²) in [5, 5.41) is 0. The van der Waals surface area contributed by atoms with E-state index in [0.29, 0.717) is 6.04 Å². The Kier molecular flexibility index (Phi) is 86.7. The molecule has 0 aromatic heterocycles. The van der Waals surface area contributed by atoms with E-state index in [1.807, 2.05) is 27.7 Å². The molecule has 0 atom stereocenters. The molecule has 56 valence electrons. The molecular weight excluding hydrogens is 98.1 g/mol. The molecule has 0 saturated heterocycles. The quantitative estimate of drug-likeness (QED) is 0.524. The molecule has 0 aromatic rings.